The van der Waals surface area contributed by atoms with Gasteiger partial charge in [-0.25, -0.2) is 4.98 Å². The van der Waals surface area contributed by atoms with Gasteiger partial charge in [0.1, 0.15) is 16.8 Å². The molecule has 4 heterocycles. The summed E-state index contributed by atoms with van der Waals surface area (Å²) in [5.74, 6) is 0.765. The minimum absolute atomic E-state index is 0.0203. The molecule has 10 rings (SSSR count). The number of para-hydroxylation sites is 1. The summed E-state index contributed by atoms with van der Waals surface area (Å²) in [6.07, 6.45) is 1.89. The highest BCUT2D eigenvalue weighted by atomic mass is 28.3. The van der Waals surface area contributed by atoms with Crippen molar-refractivity contribution < 1.29 is 9.52 Å². The van der Waals surface area contributed by atoms with Crippen molar-refractivity contribution in [3.8, 4) is 67.5 Å². The molecule has 0 saturated heterocycles. The van der Waals surface area contributed by atoms with Gasteiger partial charge in [-0.15, -0.1) is 0 Å². The summed E-state index contributed by atoms with van der Waals surface area (Å²) in [5, 5.41) is 25.3. The largest absolute Gasteiger partial charge is 0.507 e. The van der Waals surface area contributed by atoms with E-state index in [1.165, 1.54) is 15.3 Å². The van der Waals surface area contributed by atoms with Gasteiger partial charge in [0.25, 0.3) is 0 Å². The lowest BCUT2D eigenvalue weighted by Crippen LogP contribution is -2.37. The number of hydrogen-bond donors (Lipinski definition) is 1. The third-order valence-electron chi connectivity index (χ3n) is 11.3. The molecule has 0 fully saturated rings. The van der Waals surface area contributed by atoms with E-state index in [1.807, 2.05) is 18.3 Å². The lowest BCUT2D eigenvalue weighted by molar-refractivity contribution is 0.476. The van der Waals surface area contributed by atoms with E-state index < -0.39 is 8.07 Å². The molecule has 0 unspecified atom stereocenters. The van der Waals surface area contributed by atoms with Crippen LogP contribution in [-0.4, -0.2) is 47.8 Å². The Morgan fingerprint density at radius 1 is 0.650 bits per heavy atom. The Labute approximate surface area is 348 Å². The van der Waals surface area contributed by atoms with Crippen LogP contribution in [0.1, 0.15) is 26.3 Å². The molecule has 6 aromatic carbocycles. The maximum Gasteiger partial charge on any atom is 0.346 e. The highest BCUT2D eigenvalue weighted by Crippen LogP contribution is 2.44. The fourth-order valence-corrected chi connectivity index (χ4v) is 9.25. The summed E-state index contributed by atoms with van der Waals surface area (Å²) in [7, 11) is -1.73. The molecular weight excluding hydrogens is 759 g/mol. The fourth-order valence-electron chi connectivity index (χ4n) is 8.09. The average Bonchev–Trinajstić information content (AvgIpc) is 3.97. The monoisotopic (exact) mass is 801 g/mol. The zero-order valence-electron chi connectivity index (χ0n) is 34.3. The van der Waals surface area contributed by atoms with Crippen LogP contribution >= 0.6 is 0 Å². The van der Waals surface area contributed by atoms with Crippen LogP contribution in [0.5, 0.6) is 5.75 Å². The number of phenolic OH excluding ortho intramolecular Hbond substituents is 1. The molecule has 0 spiro atoms. The summed E-state index contributed by atoms with van der Waals surface area (Å²) in [5.41, 5.74) is 13.3. The first-order valence-corrected chi connectivity index (χ1v) is 23.6. The summed E-state index contributed by atoms with van der Waals surface area (Å²) in [4.78, 5) is 10.4. The maximum atomic E-state index is 11.9. The molecule has 1 N–H and O–H groups in total. The van der Waals surface area contributed by atoms with Gasteiger partial charge in [0.05, 0.1) is 30.5 Å². The second kappa shape index (κ2) is 14.0. The van der Waals surface area contributed by atoms with E-state index in [1.54, 1.807) is 12.1 Å². The number of phenols is 1. The Balaban J connectivity index is 1.27. The Morgan fingerprint density at radius 3 is 2.15 bits per heavy atom. The number of aromatic nitrogens is 7. The highest BCUT2D eigenvalue weighted by molar-refractivity contribution is 6.88. The van der Waals surface area contributed by atoms with Crippen molar-refractivity contribution in [2.45, 2.75) is 45.8 Å². The molecule has 4 aromatic heterocycles. The van der Waals surface area contributed by atoms with Crippen LogP contribution in [0.15, 0.2) is 150 Å². The van der Waals surface area contributed by atoms with Gasteiger partial charge in [-0.05, 0) is 92.2 Å². The topological polar surface area (TPSA) is 107 Å². The van der Waals surface area contributed by atoms with Crippen LogP contribution in [0.4, 0.5) is 0 Å². The smallest absolute Gasteiger partial charge is 0.346 e. The fraction of sp³-hybridized carbons (Fsp3) is 0.140. The van der Waals surface area contributed by atoms with Gasteiger partial charge in [0.15, 0.2) is 11.4 Å². The SMILES string of the molecule is CC(C)(C)c1cc(-c2cc(-c3ccccc3)ccn2)cc(-c2cccc3c2nc(-c2c(O)ccc4c2oc2nnnn24)n3-c2ccc([Si](C)(C)C)cc2-c2ccccc2)c1. The minimum Gasteiger partial charge on any atom is -0.507 e. The Bertz CT molecular complexity index is 3240. The van der Waals surface area contributed by atoms with E-state index in [4.69, 9.17) is 14.4 Å². The maximum absolute atomic E-state index is 11.9. The van der Waals surface area contributed by atoms with E-state index in [-0.39, 0.29) is 17.0 Å². The van der Waals surface area contributed by atoms with Crippen LogP contribution in [0, 0.1) is 0 Å². The second-order valence-electron chi connectivity index (χ2n) is 17.4. The lowest BCUT2D eigenvalue weighted by atomic mass is 9.83. The molecule has 60 heavy (non-hydrogen) atoms. The van der Waals surface area contributed by atoms with Crippen molar-refractivity contribution in [1.29, 1.82) is 0 Å². The van der Waals surface area contributed by atoms with Crippen LogP contribution < -0.4 is 5.19 Å². The quantitative estimate of drug-likeness (QED) is 0.160. The van der Waals surface area contributed by atoms with Crippen molar-refractivity contribution in [1.82, 2.24) is 34.6 Å². The number of tetrazole rings is 1. The molecule has 0 bridgehead atoms. The molecule has 0 radical (unpaired) electrons. The molecule has 294 valence electrons. The number of pyridine rings is 1. The Kier molecular flexibility index (Phi) is 8.66. The van der Waals surface area contributed by atoms with Gasteiger partial charge in [-0.1, -0.05) is 142 Å². The van der Waals surface area contributed by atoms with Gasteiger partial charge in [0.2, 0.25) is 0 Å². The first kappa shape index (κ1) is 37.1. The van der Waals surface area contributed by atoms with E-state index in [0.717, 1.165) is 61.4 Å². The van der Waals surface area contributed by atoms with Crippen molar-refractivity contribution in [2.75, 3.05) is 0 Å². The van der Waals surface area contributed by atoms with E-state index in [9.17, 15) is 5.11 Å². The van der Waals surface area contributed by atoms with Crippen molar-refractivity contribution in [2.24, 2.45) is 0 Å². The molecule has 0 aliphatic rings. The third kappa shape index (κ3) is 6.36. The van der Waals surface area contributed by atoms with Gasteiger partial charge in [0, 0.05) is 22.9 Å². The van der Waals surface area contributed by atoms with Gasteiger partial charge in [-0.3, -0.25) is 9.55 Å². The number of aromatic hydroxyl groups is 1. The second-order valence-corrected chi connectivity index (χ2v) is 22.5. The molecule has 0 amide bonds. The number of rotatable bonds is 7. The average molecular weight is 802 g/mol. The van der Waals surface area contributed by atoms with Gasteiger partial charge >= 0.3 is 5.84 Å². The number of hydrogen-bond acceptors (Lipinski definition) is 7. The van der Waals surface area contributed by atoms with Crippen LogP contribution in [0.2, 0.25) is 19.6 Å². The van der Waals surface area contributed by atoms with Crippen LogP contribution in [0.3, 0.4) is 0 Å². The van der Waals surface area contributed by atoms with E-state index in [2.05, 4.69) is 176 Å². The van der Waals surface area contributed by atoms with Crippen molar-refractivity contribution in [3.63, 3.8) is 0 Å². The first-order chi connectivity index (χ1) is 28.9. The lowest BCUT2D eigenvalue weighted by Gasteiger charge is -2.22. The summed E-state index contributed by atoms with van der Waals surface area (Å²) < 4.78 is 10.0. The summed E-state index contributed by atoms with van der Waals surface area (Å²) in [6, 6.07) is 48.4. The molecule has 0 saturated carbocycles. The molecule has 0 atom stereocenters. The Hall–Kier alpha value is -7.17. The molecular formula is C50H43N7O2Si. The standard InChI is InChI=1S/C50H43N7O2Si/c1-50(2,3)36-27-34(26-35(28-36)40-29-33(24-25-51-40)31-14-9-7-10-15-31)38-18-13-19-42-46(38)52-48(45-44(58)23-22-43-47(45)59-49-53-54-55-57(43)49)56(42)41-21-20-37(60(4,5)6)30-39(41)32-16-11-8-12-17-32/h7-30,58H,1-6H3. The van der Waals surface area contributed by atoms with E-state index in [0.29, 0.717) is 22.5 Å². The summed E-state index contributed by atoms with van der Waals surface area (Å²) >= 11 is 0. The highest BCUT2D eigenvalue weighted by Gasteiger charge is 2.28. The van der Waals surface area contributed by atoms with E-state index >= 15 is 0 Å². The molecule has 0 aliphatic heterocycles. The van der Waals surface area contributed by atoms with Gasteiger partial charge in [-0.2, -0.15) is 4.52 Å². The Morgan fingerprint density at radius 2 is 1.40 bits per heavy atom. The van der Waals surface area contributed by atoms with Crippen molar-refractivity contribution in [3.05, 3.63) is 151 Å². The zero-order chi connectivity index (χ0) is 41.3. The van der Waals surface area contributed by atoms with Crippen LogP contribution in [-0.2, 0) is 5.41 Å². The summed E-state index contributed by atoms with van der Waals surface area (Å²) in [6.45, 7) is 13.8. The van der Waals surface area contributed by atoms with Crippen molar-refractivity contribution >= 4 is 41.2 Å². The van der Waals surface area contributed by atoms with Crippen LogP contribution in [0.25, 0.3) is 89.7 Å². The number of imidazole rings is 1. The predicted octanol–water partition coefficient (Wildman–Crippen LogP) is 11.5. The number of fused-ring (bicyclic) bond motifs is 4. The molecule has 10 aromatic rings. The number of benzene rings is 6. The zero-order valence-corrected chi connectivity index (χ0v) is 35.3. The molecule has 9 nitrogen and oxygen atoms in total. The van der Waals surface area contributed by atoms with Gasteiger partial charge < -0.3 is 9.52 Å². The molecule has 0 aliphatic carbocycles. The third-order valence-corrected chi connectivity index (χ3v) is 13.4. The number of nitrogens with zero attached hydrogens (tertiary/aromatic N) is 7. The number of oxazole rings is 1. The minimum atomic E-state index is -1.73. The first-order valence-electron chi connectivity index (χ1n) is 20.1. The normalized spacial score (nSPS) is 12.2. The predicted molar refractivity (Wildman–Crippen MR) is 244 cm³/mol. The molecule has 10 heteroatoms.